The summed E-state index contributed by atoms with van der Waals surface area (Å²) < 4.78 is 25.9. The maximum absolute atomic E-state index is 14.2. The molecule has 2 N–H and O–H groups in total. The fourth-order valence-corrected chi connectivity index (χ4v) is 8.67. The highest BCUT2D eigenvalue weighted by Gasteiger charge is 2.65. The Morgan fingerprint density at radius 1 is 0.983 bits per heavy atom. The van der Waals surface area contributed by atoms with Gasteiger partial charge in [0.15, 0.2) is 0 Å². The summed E-state index contributed by atoms with van der Waals surface area (Å²) in [6, 6.07) is 20.0. The van der Waals surface area contributed by atoms with Gasteiger partial charge in [-0.05, 0) is 79.0 Å². The molecule has 2 aliphatic carbocycles. The first kappa shape index (κ1) is 42.1. The Hall–Kier alpha value is -5.50. The zero-order valence-electron chi connectivity index (χ0n) is 32.9. The summed E-state index contributed by atoms with van der Waals surface area (Å²) in [6.07, 6.45) is 9.52. The first-order valence-corrected chi connectivity index (χ1v) is 19.9. The van der Waals surface area contributed by atoms with Gasteiger partial charge in [-0.2, -0.15) is 0 Å². The number of rotatable bonds is 20. The molecule has 1 heterocycles. The molecule has 13 heteroatoms. The van der Waals surface area contributed by atoms with E-state index in [-0.39, 0.29) is 62.0 Å². The molecule has 3 aromatic rings. The molecule has 1 fully saturated rings. The molecule has 1 amide bonds. The molecule has 6 atom stereocenters. The molecular formula is C45H53N3O10. The van der Waals surface area contributed by atoms with Crippen LogP contribution in [-0.2, 0) is 16.2 Å². The average Bonchev–Trinajstić information content (AvgIpc) is 3.23. The van der Waals surface area contributed by atoms with E-state index in [1.54, 1.807) is 19.2 Å². The van der Waals surface area contributed by atoms with E-state index < -0.39 is 28.8 Å². The van der Waals surface area contributed by atoms with E-state index in [2.05, 4.69) is 19.2 Å². The standard InChI is InChI=1S/C45H53N3O10/c1-4-25-54-35-21-22-40-38(28-35)42-36(16-10-12-24-50)32(15-9-11-23-49)27-37-39(46-56-30-31-13-7-6-8-14-31)29-41(45(58-40,43(37)42)55-26-5-2)47(3)44(51)57-34-19-17-33(18-20-34)48(52)53/h4-8,13-14,17-22,27-28,32,36,41-43,49-50H,1-2,9-12,15-16,23-26,29-30H2,3H3/t32-,36+,41-,42+,43+,45+/m0/s1. The molecule has 308 valence electrons. The van der Waals surface area contributed by atoms with Crippen LogP contribution in [0.25, 0.3) is 0 Å². The van der Waals surface area contributed by atoms with E-state index in [1.807, 2.05) is 48.5 Å². The van der Waals surface area contributed by atoms with Crippen LogP contribution < -0.4 is 14.2 Å². The molecular weight excluding hydrogens is 743 g/mol. The predicted molar refractivity (Wildman–Crippen MR) is 219 cm³/mol. The molecule has 1 saturated carbocycles. The molecule has 0 radical (unpaired) electrons. The van der Waals surface area contributed by atoms with Gasteiger partial charge in [-0.3, -0.25) is 10.1 Å². The fourth-order valence-electron chi connectivity index (χ4n) is 8.67. The van der Waals surface area contributed by atoms with E-state index >= 15 is 0 Å². The lowest BCUT2D eigenvalue weighted by atomic mass is 9.55. The van der Waals surface area contributed by atoms with Gasteiger partial charge in [0.05, 0.1) is 23.2 Å². The third-order valence-corrected chi connectivity index (χ3v) is 11.3. The number of benzene rings is 3. The minimum absolute atomic E-state index is 0.0330. The number of fused-ring (bicyclic) bond motifs is 2. The SMILES string of the molecule is C=CCOc1ccc2c(c1)[C@H]1[C@H](CCCCO)[C@@H](CCCCO)C=C3C(=NOCc4ccccc4)C[C@H](N(C)C(=O)Oc4ccc([N+](=O)[O-])cc4)[C@@](OCC=C)(O2)[C@H]31. The first-order chi connectivity index (χ1) is 28.2. The number of nitrogens with zero attached hydrogens (tertiary/aromatic N) is 3. The molecule has 0 saturated heterocycles. The second kappa shape index (κ2) is 19.8. The zero-order valence-corrected chi connectivity index (χ0v) is 32.9. The first-order valence-electron chi connectivity index (χ1n) is 19.9. The largest absolute Gasteiger partial charge is 0.490 e. The van der Waals surface area contributed by atoms with Gasteiger partial charge in [-0.1, -0.05) is 73.1 Å². The molecule has 0 aromatic heterocycles. The molecule has 6 rings (SSSR count). The molecule has 0 bridgehead atoms. The Morgan fingerprint density at radius 3 is 2.38 bits per heavy atom. The third kappa shape index (κ3) is 9.28. The smallest absolute Gasteiger partial charge is 0.415 e. The number of ether oxygens (including phenoxy) is 4. The number of likely N-dealkylation sites (N-methyl/N-ethyl adjacent to an activating group) is 1. The Balaban J connectivity index is 1.52. The fraction of sp³-hybridized carbons (Fsp3) is 0.422. The van der Waals surface area contributed by atoms with Gasteiger partial charge in [-0.25, -0.2) is 4.79 Å². The lowest BCUT2D eigenvalue weighted by molar-refractivity contribution is -0.384. The summed E-state index contributed by atoms with van der Waals surface area (Å²) in [5.74, 6) is -0.772. The van der Waals surface area contributed by atoms with Gasteiger partial charge in [0.1, 0.15) is 36.5 Å². The number of aliphatic hydroxyl groups is 2. The number of hydrogen-bond acceptors (Lipinski definition) is 11. The second-order valence-electron chi connectivity index (χ2n) is 14.9. The van der Waals surface area contributed by atoms with Gasteiger partial charge < -0.3 is 38.9 Å². The Kier molecular flexibility index (Phi) is 14.4. The molecule has 13 nitrogen and oxygen atoms in total. The lowest BCUT2D eigenvalue weighted by Crippen LogP contribution is -2.69. The zero-order chi connectivity index (χ0) is 41.1. The number of nitro benzene ring substituents is 1. The molecule has 3 aliphatic rings. The Labute approximate surface area is 339 Å². The number of aliphatic hydroxyl groups excluding tert-OH is 2. The minimum Gasteiger partial charge on any atom is -0.490 e. The molecule has 3 aromatic carbocycles. The van der Waals surface area contributed by atoms with Crippen molar-refractivity contribution in [1.82, 2.24) is 4.90 Å². The van der Waals surface area contributed by atoms with Crippen molar-refractivity contribution in [2.24, 2.45) is 22.9 Å². The number of non-ortho nitro benzene ring substituents is 1. The van der Waals surface area contributed by atoms with Crippen molar-refractivity contribution in [3.05, 3.63) is 131 Å². The maximum atomic E-state index is 14.2. The average molecular weight is 796 g/mol. The molecule has 0 unspecified atom stereocenters. The van der Waals surface area contributed by atoms with Crippen molar-refractivity contribution < 1.29 is 43.7 Å². The van der Waals surface area contributed by atoms with Crippen LogP contribution in [0.15, 0.2) is 115 Å². The van der Waals surface area contributed by atoms with E-state index in [4.69, 9.17) is 28.9 Å². The van der Waals surface area contributed by atoms with Crippen LogP contribution in [0, 0.1) is 27.9 Å². The summed E-state index contributed by atoms with van der Waals surface area (Å²) >= 11 is 0. The number of carbonyl (C=O) groups excluding carboxylic acids is 1. The van der Waals surface area contributed by atoms with Gasteiger partial charge >= 0.3 is 6.09 Å². The quantitative estimate of drug-likeness (QED) is 0.0494. The molecule has 58 heavy (non-hydrogen) atoms. The van der Waals surface area contributed by atoms with Gasteiger partial charge in [0, 0.05) is 50.3 Å². The summed E-state index contributed by atoms with van der Waals surface area (Å²) in [6.45, 7) is 8.57. The van der Waals surface area contributed by atoms with Crippen molar-refractivity contribution >= 4 is 17.5 Å². The van der Waals surface area contributed by atoms with Crippen LogP contribution >= 0.6 is 0 Å². The van der Waals surface area contributed by atoms with Gasteiger partial charge in [-0.15, -0.1) is 6.58 Å². The van der Waals surface area contributed by atoms with Gasteiger partial charge in [0.2, 0.25) is 5.79 Å². The van der Waals surface area contributed by atoms with Crippen molar-refractivity contribution in [2.45, 2.75) is 69.3 Å². The summed E-state index contributed by atoms with van der Waals surface area (Å²) in [5, 5.41) is 35.8. The normalized spacial score (nSPS) is 23.7. The van der Waals surface area contributed by atoms with E-state index in [0.717, 1.165) is 42.4 Å². The summed E-state index contributed by atoms with van der Waals surface area (Å²) in [4.78, 5) is 32.5. The highest BCUT2D eigenvalue weighted by molar-refractivity contribution is 6.03. The summed E-state index contributed by atoms with van der Waals surface area (Å²) in [5.41, 5.74) is 3.26. The number of hydrogen-bond donors (Lipinski definition) is 2. The van der Waals surface area contributed by atoms with E-state index in [1.165, 1.54) is 29.2 Å². The van der Waals surface area contributed by atoms with Crippen LogP contribution in [-0.4, -0.2) is 77.1 Å². The third-order valence-electron chi connectivity index (χ3n) is 11.3. The topological polar surface area (TPSA) is 162 Å². The van der Waals surface area contributed by atoms with Crippen LogP contribution in [0.3, 0.4) is 0 Å². The number of unbranched alkanes of at least 4 members (excludes halogenated alkanes) is 2. The van der Waals surface area contributed by atoms with Crippen LogP contribution in [0.4, 0.5) is 10.5 Å². The number of allylic oxidation sites excluding steroid dienone is 1. The highest BCUT2D eigenvalue weighted by atomic mass is 16.7. The van der Waals surface area contributed by atoms with Crippen LogP contribution in [0.1, 0.15) is 62.0 Å². The lowest BCUT2D eigenvalue weighted by Gasteiger charge is -2.59. The van der Waals surface area contributed by atoms with Crippen molar-refractivity contribution in [3.63, 3.8) is 0 Å². The Morgan fingerprint density at radius 2 is 1.69 bits per heavy atom. The monoisotopic (exact) mass is 795 g/mol. The van der Waals surface area contributed by atoms with Crippen molar-refractivity contribution in [1.29, 1.82) is 0 Å². The number of amides is 1. The second-order valence-corrected chi connectivity index (χ2v) is 14.9. The van der Waals surface area contributed by atoms with Crippen LogP contribution in [0.2, 0.25) is 0 Å². The number of nitro groups is 1. The predicted octanol–water partition coefficient (Wildman–Crippen LogP) is 8.12. The van der Waals surface area contributed by atoms with E-state index in [0.29, 0.717) is 36.7 Å². The Bertz CT molecular complexity index is 1950. The van der Waals surface area contributed by atoms with Gasteiger partial charge in [0.25, 0.3) is 5.69 Å². The molecule has 0 spiro atoms. The number of oxime groups is 1. The molecule has 1 aliphatic heterocycles. The number of carbonyl (C=O) groups is 1. The highest BCUT2D eigenvalue weighted by Crippen LogP contribution is 2.61. The minimum atomic E-state index is -1.48. The summed E-state index contributed by atoms with van der Waals surface area (Å²) in [7, 11) is 1.62. The van der Waals surface area contributed by atoms with E-state index in [9.17, 15) is 25.1 Å². The van der Waals surface area contributed by atoms with Crippen LogP contribution in [0.5, 0.6) is 17.2 Å². The van der Waals surface area contributed by atoms with Crippen molar-refractivity contribution in [2.75, 3.05) is 33.5 Å². The maximum Gasteiger partial charge on any atom is 0.415 e. The van der Waals surface area contributed by atoms with Crippen molar-refractivity contribution in [3.8, 4) is 17.2 Å².